The lowest BCUT2D eigenvalue weighted by Gasteiger charge is -2.11. The van der Waals surface area contributed by atoms with Crippen LogP contribution < -0.4 is 0 Å². The number of aliphatic hydroxyl groups is 1. The molecule has 1 atom stereocenters. The number of para-hydroxylation sites is 1. The highest BCUT2D eigenvalue weighted by atomic mass is 16.3. The van der Waals surface area contributed by atoms with Gasteiger partial charge in [0.1, 0.15) is 0 Å². The van der Waals surface area contributed by atoms with E-state index >= 15 is 0 Å². The van der Waals surface area contributed by atoms with Crippen LogP contribution in [0.4, 0.5) is 5.69 Å². The number of hydrogen-bond acceptors (Lipinski definition) is 3. The first-order valence-electron chi connectivity index (χ1n) is 3.64. The topological polar surface area (TPSA) is 49.7 Å². The van der Waals surface area contributed by atoms with E-state index in [1.807, 2.05) is 0 Å². The van der Waals surface area contributed by atoms with Gasteiger partial charge in [-0.25, -0.2) is 0 Å². The third-order valence-corrected chi connectivity index (χ3v) is 1.79. The molecule has 0 aliphatic carbocycles. The summed E-state index contributed by atoms with van der Waals surface area (Å²) in [4.78, 5) is 15.2. The average Bonchev–Trinajstić information content (AvgIpc) is 2.12. The van der Waals surface area contributed by atoms with Gasteiger partial charge >= 0.3 is 0 Å². The van der Waals surface area contributed by atoms with E-state index in [0.717, 1.165) is 0 Å². The molecule has 0 fully saturated rings. The number of hydrogen-bond donors (Lipinski definition) is 1. The Bertz CT molecular complexity index is 357. The molecule has 0 saturated heterocycles. The smallest absolute Gasteiger partial charge is 0.198 e. The Morgan fingerprint density at radius 3 is 2.92 bits per heavy atom. The van der Waals surface area contributed by atoms with Gasteiger partial charge in [-0.1, -0.05) is 12.1 Å². The predicted molar refractivity (Wildman–Crippen MR) is 44.9 cm³/mol. The summed E-state index contributed by atoms with van der Waals surface area (Å²) in [5.74, 6) is -0.277. The summed E-state index contributed by atoms with van der Waals surface area (Å²) in [5.41, 5.74) is 1.13. The highest BCUT2D eigenvalue weighted by Gasteiger charge is 2.21. The summed E-state index contributed by atoms with van der Waals surface area (Å²) in [6, 6.07) is 6.97. The summed E-state index contributed by atoms with van der Waals surface area (Å²) in [5, 5.41) is 9.13. The Labute approximate surface area is 69.4 Å². The second-order valence-corrected chi connectivity index (χ2v) is 2.60. The number of aliphatic hydroxyl groups excluding tert-OH is 1. The molecule has 1 aliphatic rings. The van der Waals surface area contributed by atoms with Gasteiger partial charge in [0.05, 0.1) is 5.69 Å². The molecule has 0 aromatic heterocycles. The number of aliphatic imine (C=N–C) groups is 1. The Morgan fingerprint density at radius 2 is 2.08 bits per heavy atom. The molecule has 0 saturated carbocycles. The van der Waals surface area contributed by atoms with Crippen LogP contribution in [0.25, 0.3) is 0 Å². The Morgan fingerprint density at radius 1 is 1.33 bits per heavy atom. The van der Waals surface area contributed by atoms with Crippen LogP contribution in [0.2, 0.25) is 0 Å². The molecule has 1 aliphatic heterocycles. The Hall–Kier alpha value is -1.48. The van der Waals surface area contributed by atoms with Crippen molar-refractivity contribution in [3.05, 3.63) is 29.8 Å². The van der Waals surface area contributed by atoms with Crippen molar-refractivity contribution < 1.29 is 9.90 Å². The van der Waals surface area contributed by atoms with Gasteiger partial charge in [0.15, 0.2) is 11.9 Å². The van der Waals surface area contributed by atoms with Crippen molar-refractivity contribution in [2.24, 2.45) is 4.99 Å². The van der Waals surface area contributed by atoms with E-state index in [1.165, 1.54) is 6.21 Å². The van der Waals surface area contributed by atoms with E-state index in [1.54, 1.807) is 24.3 Å². The van der Waals surface area contributed by atoms with Gasteiger partial charge in [-0.3, -0.25) is 9.79 Å². The van der Waals surface area contributed by atoms with E-state index in [-0.39, 0.29) is 5.78 Å². The molecule has 1 heterocycles. The zero-order valence-electron chi connectivity index (χ0n) is 6.27. The molecule has 0 spiro atoms. The van der Waals surface area contributed by atoms with Crippen LogP contribution >= 0.6 is 0 Å². The molecule has 0 radical (unpaired) electrons. The quantitative estimate of drug-likeness (QED) is 0.615. The number of carbonyl (C=O) groups is 1. The number of benzene rings is 1. The molecule has 3 nitrogen and oxygen atoms in total. The molecule has 1 N–H and O–H groups in total. The lowest BCUT2D eigenvalue weighted by molar-refractivity contribution is 0.0847. The van der Waals surface area contributed by atoms with Gasteiger partial charge in [0.25, 0.3) is 0 Å². The van der Waals surface area contributed by atoms with Crippen LogP contribution in [0.1, 0.15) is 10.4 Å². The normalized spacial score (nSPS) is 20.8. The molecule has 0 amide bonds. The van der Waals surface area contributed by atoms with Crippen molar-refractivity contribution in [3.63, 3.8) is 0 Å². The minimum absolute atomic E-state index is 0.277. The maximum Gasteiger partial charge on any atom is 0.198 e. The van der Waals surface area contributed by atoms with E-state index in [4.69, 9.17) is 5.11 Å². The third kappa shape index (κ3) is 0.950. The van der Waals surface area contributed by atoms with Gasteiger partial charge < -0.3 is 5.11 Å². The molecule has 1 aromatic rings. The molecule has 12 heavy (non-hydrogen) atoms. The van der Waals surface area contributed by atoms with E-state index < -0.39 is 6.10 Å². The zero-order chi connectivity index (χ0) is 8.55. The molecule has 3 heteroatoms. The SMILES string of the molecule is O=C1c2ccccc2N=CC1O. The highest BCUT2D eigenvalue weighted by Crippen LogP contribution is 2.22. The van der Waals surface area contributed by atoms with Crippen molar-refractivity contribution in [2.45, 2.75) is 6.10 Å². The van der Waals surface area contributed by atoms with E-state index in [9.17, 15) is 4.79 Å². The molecule has 1 unspecified atom stereocenters. The molecule has 0 bridgehead atoms. The van der Waals surface area contributed by atoms with Crippen LogP contribution in [-0.2, 0) is 0 Å². The van der Waals surface area contributed by atoms with Gasteiger partial charge in [0.2, 0.25) is 0 Å². The largest absolute Gasteiger partial charge is 0.379 e. The fourth-order valence-corrected chi connectivity index (χ4v) is 1.17. The van der Waals surface area contributed by atoms with E-state index in [0.29, 0.717) is 11.3 Å². The Kier molecular flexibility index (Phi) is 1.52. The van der Waals surface area contributed by atoms with Crippen LogP contribution in [-0.4, -0.2) is 23.2 Å². The number of ketones is 1. The van der Waals surface area contributed by atoms with Crippen LogP contribution in [0.3, 0.4) is 0 Å². The Balaban J connectivity index is 2.59. The molecule has 2 rings (SSSR count). The van der Waals surface area contributed by atoms with Crippen LogP contribution in [0, 0.1) is 0 Å². The van der Waals surface area contributed by atoms with Crippen LogP contribution in [0.5, 0.6) is 0 Å². The van der Waals surface area contributed by atoms with Crippen molar-refractivity contribution in [1.29, 1.82) is 0 Å². The maximum absolute atomic E-state index is 11.3. The first-order chi connectivity index (χ1) is 5.79. The first-order valence-corrected chi connectivity index (χ1v) is 3.64. The molecular weight excluding hydrogens is 154 g/mol. The number of rotatable bonds is 0. The molecule has 1 aromatic carbocycles. The second kappa shape index (κ2) is 2.53. The number of carbonyl (C=O) groups excluding carboxylic acids is 1. The lowest BCUT2D eigenvalue weighted by atomic mass is 10.0. The fraction of sp³-hybridized carbons (Fsp3) is 0.111. The van der Waals surface area contributed by atoms with Gasteiger partial charge in [0, 0.05) is 11.8 Å². The van der Waals surface area contributed by atoms with Crippen molar-refractivity contribution in [2.75, 3.05) is 0 Å². The van der Waals surface area contributed by atoms with Gasteiger partial charge in [-0.15, -0.1) is 0 Å². The molecule has 60 valence electrons. The predicted octanol–water partition coefficient (Wildman–Crippen LogP) is 0.946. The summed E-state index contributed by atoms with van der Waals surface area (Å²) in [6.45, 7) is 0. The number of nitrogens with zero attached hydrogens (tertiary/aromatic N) is 1. The highest BCUT2D eigenvalue weighted by molar-refractivity contribution is 6.14. The average molecular weight is 161 g/mol. The molecular formula is C9H7NO2. The summed E-state index contributed by atoms with van der Waals surface area (Å²) < 4.78 is 0. The van der Waals surface area contributed by atoms with Crippen LogP contribution in [0.15, 0.2) is 29.3 Å². The number of fused-ring (bicyclic) bond motifs is 1. The van der Waals surface area contributed by atoms with Gasteiger partial charge in [-0.2, -0.15) is 0 Å². The zero-order valence-corrected chi connectivity index (χ0v) is 6.27. The third-order valence-electron chi connectivity index (χ3n) is 1.79. The summed E-state index contributed by atoms with van der Waals surface area (Å²) >= 11 is 0. The minimum atomic E-state index is -1.07. The van der Waals surface area contributed by atoms with Crippen molar-refractivity contribution in [3.8, 4) is 0 Å². The van der Waals surface area contributed by atoms with Crippen molar-refractivity contribution in [1.82, 2.24) is 0 Å². The summed E-state index contributed by atoms with van der Waals surface area (Å²) in [7, 11) is 0. The standard InChI is InChI=1S/C9H7NO2/c11-8-5-10-7-4-2-1-3-6(7)9(8)12/h1-5,8,11H. The maximum atomic E-state index is 11.3. The van der Waals surface area contributed by atoms with Crippen molar-refractivity contribution >= 4 is 17.7 Å². The fourth-order valence-electron chi connectivity index (χ4n) is 1.17. The number of Topliss-reactive ketones (excluding diaryl/α,β-unsaturated/α-hetero) is 1. The summed E-state index contributed by atoms with van der Waals surface area (Å²) in [6.07, 6.45) is 0.185. The first kappa shape index (κ1) is 7.18. The second-order valence-electron chi connectivity index (χ2n) is 2.60. The lowest BCUT2D eigenvalue weighted by Crippen LogP contribution is -2.24. The van der Waals surface area contributed by atoms with Gasteiger partial charge in [-0.05, 0) is 12.1 Å². The minimum Gasteiger partial charge on any atom is -0.379 e. The monoisotopic (exact) mass is 161 g/mol. The van der Waals surface area contributed by atoms with E-state index in [2.05, 4.69) is 4.99 Å².